The number of carbonyl (C=O) groups is 1. The van der Waals surface area contributed by atoms with Crippen LogP contribution in [0.25, 0.3) is 0 Å². The molecule has 0 atom stereocenters. The molecule has 0 aliphatic carbocycles. The Balaban J connectivity index is 1.69. The summed E-state index contributed by atoms with van der Waals surface area (Å²) in [4.78, 5) is 24.5. The molecule has 27 heavy (non-hydrogen) atoms. The van der Waals surface area contributed by atoms with E-state index in [-0.39, 0.29) is 30.3 Å². The largest absolute Gasteiger partial charge is 0.492 e. The molecule has 6 heteroatoms. The van der Waals surface area contributed by atoms with Gasteiger partial charge in [0.15, 0.2) is 0 Å². The minimum Gasteiger partial charge on any atom is -0.492 e. The molecule has 1 heterocycles. The Bertz CT molecular complexity index is 997. The van der Waals surface area contributed by atoms with Crippen LogP contribution in [0.5, 0.6) is 5.75 Å². The minimum absolute atomic E-state index is 0.176. The Morgan fingerprint density at radius 1 is 1.04 bits per heavy atom. The van der Waals surface area contributed by atoms with Gasteiger partial charge in [-0.3, -0.25) is 9.59 Å². The summed E-state index contributed by atoms with van der Waals surface area (Å²) in [6.45, 7) is 4.45. The number of anilines is 1. The van der Waals surface area contributed by atoms with Crippen LogP contribution in [-0.2, 0) is 6.54 Å². The zero-order valence-corrected chi connectivity index (χ0v) is 15.3. The third-order valence-electron chi connectivity index (χ3n) is 4.27. The lowest BCUT2D eigenvalue weighted by molar-refractivity contribution is 0.101. The maximum Gasteiger partial charge on any atom is 0.276 e. The molecule has 0 aliphatic heterocycles. The first-order valence-electron chi connectivity index (χ1n) is 8.68. The molecule has 0 saturated heterocycles. The number of aromatic nitrogens is 2. The highest BCUT2D eigenvalue weighted by molar-refractivity contribution is 6.03. The highest BCUT2D eigenvalue weighted by Gasteiger charge is 2.12. The molecule has 0 radical (unpaired) electrons. The third-order valence-corrected chi connectivity index (χ3v) is 4.27. The molecule has 3 aromatic rings. The van der Waals surface area contributed by atoms with Gasteiger partial charge in [0.2, 0.25) is 0 Å². The van der Waals surface area contributed by atoms with Crippen LogP contribution in [0.3, 0.4) is 0 Å². The fourth-order valence-corrected chi connectivity index (χ4v) is 2.57. The van der Waals surface area contributed by atoms with Crippen molar-refractivity contribution >= 4 is 11.6 Å². The van der Waals surface area contributed by atoms with Crippen LogP contribution in [0.1, 0.15) is 21.6 Å². The van der Waals surface area contributed by atoms with Gasteiger partial charge in [-0.1, -0.05) is 30.3 Å². The summed E-state index contributed by atoms with van der Waals surface area (Å²) >= 11 is 0. The number of hydrogen-bond acceptors (Lipinski definition) is 4. The standard InChI is InChI=1S/C21H21N3O3/c1-15-7-6-10-18(16(15)2)22-21(26)19-11-12-20(25)24(23-19)13-14-27-17-8-4-3-5-9-17/h3-12H,13-14H2,1-2H3,(H,22,26). The highest BCUT2D eigenvalue weighted by atomic mass is 16.5. The van der Waals surface area contributed by atoms with Gasteiger partial charge in [-0.15, -0.1) is 0 Å². The number of amides is 1. The van der Waals surface area contributed by atoms with E-state index in [0.717, 1.165) is 22.6 Å². The number of nitrogens with zero attached hydrogens (tertiary/aromatic N) is 2. The second kappa shape index (κ2) is 8.31. The van der Waals surface area contributed by atoms with Crippen molar-refractivity contribution in [3.05, 3.63) is 87.8 Å². The average molecular weight is 363 g/mol. The van der Waals surface area contributed by atoms with Crippen LogP contribution in [0.15, 0.2) is 65.5 Å². The van der Waals surface area contributed by atoms with E-state index in [9.17, 15) is 9.59 Å². The molecule has 1 aromatic heterocycles. The summed E-state index contributed by atoms with van der Waals surface area (Å²) in [6, 6.07) is 17.8. The van der Waals surface area contributed by atoms with Gasteiger partial charge in [-0.2, -0.15) is 5.10 Å². The van der Waals surface area contributed by atoms with Gasteiger partial charge in [0.1, 0.15) is 18.1 Å². The van der Waals surface area contributed by atoms with Crippen LogP contribution in [0, 0.1) is 13.8 Å². The maximum absolute atomic E-state index is 12.5. The molecule has 0 saturated carbocycles. The first kappa shape index (κ1) is 18.4. The van der Waals surface area contributed by atoms with E-state index >= 15 is 0 Å². The Morgan fingerprint density at radius 3 is 2.59 bits per heavy atom. The molecule has 0 unspecified atom stereocenters. The molecule has 0 aliphatic rings. The van der Waals surface area contributed by atoms with Crippen molar-refractivity contribution in [2.75, 3.05) is 11.9 Å². The normalized spacial score (nSPS) is 10.4. The van der Waals surface area contributed by atoms with Gasteiger partial charge < -0.3 is 10.1 Å². The predicted molar refractivity (Wildman–Crippen MR) is 104 cm³/mol. The summed E-state index contributed by atoms with van der Waals surface area (Å²) < 4.78 is 6.83. The number of ether oxygens (including phenoxy) is 1. The van der Waals surface area contributed by atoms with Gasteiger partial charge in [0.05, 0.1) is 6.54 Å². The molecule has 0 spiro atoms. The van der Waals surface area contributed by atoms with Crippen molar-refractivity contribution in [3.63, 3.8) is 0 Å². The van der Waals surface area contributed by atoms with E-state index < -0.39 is 0 Å². The first-order chi connectivity index (χ1) is 13.0. The van der Waals surface area contributed by atoms with Crippen LogP contribution < -0.4 is 15.6 Å². The summed E-state index contributed by atoms with van der Waals surface area (Å²) in [5.41, 5.74) is 2.70. The Morgan fingerprint density at radius 2 is 1.81 bits per heavy atom. The molecule has 3 rings (SSSR count). The molecule has 0 bridgehead atoms. The van der Waals surface area contributed by atoms with E-state index in [2.05, 4.69) is 10.4 Å². The van der Waals surface area contributed by atoms with Gasteiger partial charge in [-0.25, -0.2) is 4.68 Å². The van der Waals surface area contributed by atoms with E-state index in [1.165, 1.54) is 16.8 Å². The topological polar surface area (TPSA) is 73.2 Å². The van der Waals surface area contributed by atoms with Crippen molar-refractivity contribution in [3.8, 4) is 5.75 Å². The molecule has 1 amide bonds. The molecule has 138 valence electrons. The number of benzene rings is 2. The first-order valence-corrected chi connectivity index (χ1v) is 8.68. The zero-order chi connectivity index (χ0) is 19.2. The summed E-state index contributed by atoms with van der Waals surface area (Å²) in [6.07, 6.45) is 0. The highest BCUT2D eigenvalue weighted by Crippen LogP contribution is 2.18. The summed E-state index contributed by atoms with van der Waals surface area (Å²) in [5.74, 6) is 0.357. The molecule has 6 nitrogen and oxygen atoms in total. The second-order valence-corrected chi connectivity index (χ2v) is 6.14. The van der Waals surface area contributed by atoms with E-state index in [0.29, 0.717) is 0 Å². The van der Waals surface area contributed by atoms with Crippen molar-refractivity contribution < 1.29 is 9.53 Å². The second-order valence-electron chi connectivity index (χ2n) is 6.14. The minimum atomic E-state index is -0.360. The number of nitrogens with one attached hydrogen (secondary N) is 1. The molecule has 0 fully saturated rings. The lowest BCUT2D eigenvalue weighted by atomic mass is 10.1. The van der Waals surface area contributed by atoms with E-state index in [4.69, 9.17) is 4.74 Å². The SMILES string of the molecule is Cc1cccc(NC(=O)c2ccc(=O)n(CCOc3ccccc3)n2)c1C. The number of hydrogen-bond donors (Lipinski definition) is 1. The fourth-order valence-electron chi connectivity index (χ4n) is 2.57. The quantitative estimate of drug-likeness (QED) is 0.730. The lowest BCUT2D eigenvalue weighted by Gasteiger charge is -2.11. The van der Waals surface area contributed by atoms with Crippen molar-refractivity contribution in [2.45, 2.75) is 20.4 Å². The summed E-state index contributed by atoms with van der Waals surface area (Å²) in [7, 11) is 0. The van der Waals surface area contributed by atoms with Gasteiger partial charge in [-0.05, 0) is 49.2 Å². The smallest absolute Gasteiger partial charge is 0.276 e. The average Bonchev–Trinajstić information content (AvgIpc) is 2.67. The van der Waals surface area contributed by atoms with Gasteiger partial charge >= 0.3 is 0 Å². The Kier molecular flexibility index (Phi) is 5.66. The Labute approximate surface area is 157 Å². The third kappa shape index (κ3) is 4.61. The number of aryl methyl sites for hydroxylation is 1. The van der Waals surface area contributed by atoms with Crippen LogP contribution >= 0.6 is 0 Å². The van der Waals surface area contributed by atoms with Crippen LogP contribution in [0.2, 0.25) is 0 Å². The number of para-hydroxylation sites is 1. The lowest BCUT2D eigenvalue weighted by Crippen LogP contribution is -2.28. The van der Waals surface area contributed by atoms with Crippen molar-refractivity contribution in [1.29, 1.82) is 0 Å². The fraction of sp³-hybridized carbons (Fsp3) is 0.190. The van der Waals surface area contributed by atoms with Crippen molar-refractivity contribution in [1.82, 2.24) is 9.78 Å². The van der Waals surface area contributed by atoms with Crippen molar-refractivity contribution in [2.24, 2.45) is 0 Å². The molecule has 2 aromatic carbocycles. The zero-order valence-electron chi connectivity index (χ0n) is 15.3. The summed E-state index contributed by atoms with van der Waals surface area (Å²) in [5, 5.41) is 7.01. The molecular formula is C21H21N3O3. The van der Waals surface area contributed by atoms with Crippen LogP contribution in [-0.4, -0.2) is 22.3 Å². The van der Waals surface area contributed by atoms with Crippen LogP contribution in [0.4, 0.5) is 5.69 Å². The number of rotatable bonds is 6. The van der Waals surface area contributed by atoms with E-state index in [1.54, 1.807) is 0 Å². The predicted octanol–water partition coefficient (Wildman–Crippen LogP) is 3.19. The van der Waals surface area contributed by atoms with E-state index in [1.807, 2.05) is 62.4 Å². The van der Waals surface area contributed by atoms with Gasteiger partial charge in [0, 0.05) is 11.8 Å². The monoisotopic (exact) mass is 363 g/mol. The van der Waals surface area contributed by atoms with Gasteiger partial charge in [0.25, 0.3) is 11.5 Å². The number of carbonyl (C=O) groups excluding carboxylic acids is 1. The Hall–Kier alpha value is -3.41. The maximum atomic E-state index is 12.5. The molecular weight excluding hydrogens is 342 g/mol. The molecule has 1 N–H and O–H groups in total.